The van der Waals surface area contributed by atoms with Crippen LogP contribution in [0.25, 0.3) is 0 Å². The second-order valence-electron chi connectivity index (χ2n) is 5.92. The van der Waals surface area contributed by atoms with Crippen LogP contribution in [0.5, 0.6) is 0 Å². The van der Waals surface area contributed by atoms with Crippen molar-refractivity contribution in [2.75, 3.05) is 12.5 Å². The Kier molecular flexibility index (Phi) is 8.03. The van der Waals surface area contributed by atoms with Gasteiger partial charge in [0.25, 0.3) is 0 Å². The van der Waals surface area contributed by atoms with Crippen LogP contribution in [0.15, 0.2) is 12.1 Å². The van der Waals surface area contributed by atoms with E-state index in [1.54, 1.807) is 6.92 Å². The summed E-state index contributed by atoms with van der Waals surface area (Å²) in [6.45, 7) is 11.8. The summed E-state index contributed by atoms with van der Waals surface area (Å²) in [5.74, 6) is -1.28. The lowest BCUT2D eigenvalue weighted by Gasteiger charge is -2.45. The van der Waals surface area contributed by atoms with Crippen molar-refractivity contribution in [3.05, 3.63) is 28.8 Å². The third kappa shape index (κ3) is 5.52. The van der Waals surface area contributed by atoms with Crippen molar-refractivity contribution < 1.29 is 13.4 Å². The molecule has 0 bridgehead atoms. The molecule has 1 aromatic rings. The fraction of sp³-hybridized carbons (Fsp3) is 0.625. The summed E-state index contributed by atoms with van der Waals surface area (Å²) in [7, 11) is -1.46. The van der Waals surface area contributed by atoms with Crippen molar-refractivity contribution in [3.8, 4) is 0 Å². The fourth-order valence-corrected chi connectivity index (χ4v) is 2.60. The van der Waals surface area contributed by atoms with Crippen molar-refractivity contribution in [3.63, 3.8) is 0 Å². The lowest BCUT2D eigenvalue weighted by molar-refractivity contribution is 0.0831. The molecule has 6 heteroatoms. The first kappa shape index (κ1) is 21.4. The molecule has 1 unspecified atom stereocenters. The molecule has 22 heavy (non-hydrogen) atoms. The summed E-state index contributed by atoms with van der Waals surface area (Å²) in [5, 5.41) is 0.0215. The summed E-state index contributed by atoms with van der Waals surface area (Å²) in [5.41, 5.74) is -0.0917. The number of carbonyl (C=O) groups is 1. The number of hydrogen-bond acceptors (Lipinski definition) is 3. The SMILES string of the molecule is CC.CC(OS(C)(C)C(C)(C)C)C(=O)c1ccc(Cl)nc1F. The van der Waals surface area contributed by atoms with Crippen LogP contribution in [0, 0.1) is 5.95 Å². The van der Waals surface area contributed by atoms with Gasteiger partial charge in [0.05, 0.1) is 5.56 Å². The van der Waals surface area contributed by atoms with E-state index in [4.69, 9.17) is 15.8 Å². The highest BCUT2D eigenvalue weighted by molar-refractivity contribution is 8.29. The van der Waals surface area contributed by atoms with E-state index >= 15 is 0 Å². The third-order valence-corrected chi connectivity index (χ3v) is 7.24. The number of aromatic nitrogens is 1. The van der Waals surface area contributed by atoms with Gasteiger partial charge in [-0.25, -0.2) is 4.98 Å². The Morgan fingerprint density at radius 1 is 1.32 bits per heavy atom. The van der Waals surface area contributed by atoms with Crippen LogP contribution < -0.4 is 0 Å². The van der Waals surface area contributed by atoms with Crippen molar-refractivity contribution in [1.82, 2.24) is 4.98 Å². The maximum atomic E-state index is 13.7. The highest BCUT2D eigenvalue weighted by atomic mass is 35.5. The van der Waals surface area contributed by atoms with Crippen LogP contribution in [0.1, 0.15) is 51.9 Å². The third-order valence-electron chi connectivity index (χ3n) is 3.31. The predicted molar refractivity (Wildman–Crippen MR) is 94.6 cm³/mol. The summed E-state index contributed by atoms with van der Waals surface area (Å²) in [6.07, 6.45) is 3.26. The van der Waals surface area contributed by atoms with Crippen LogP contribution in [-0.2, 0) is 4.18 Å². The molecule has 0 N–H and O–H groups in total. The molecule has 0 aliphatic rings. The Labute approximate surface area is 140 Å². The molecule has 1 atom stereocenters. The minimum atomic E-state index is -1.46. The zero-order chi connectivity index (χ0) is 17.7. The Bertz CT molecular complexity index is 515. The maximum absolute atomic E-state index is 13.7. The number of hydrogen-bond donors (Lipinski definition) is 0. The zero-order valence-corrected chi connectivity index (χ0v) is 16.2. The molecular weight excluding hydrogens is 325 g/mol. The van der Waals surface area contributed by atoms with E-state index < -0.39 is 28.1 Å². The van der Waals surface area contributed by atoms with Crippen LogP contribution in [0.4, 0.5) is 4.39 Å². The molecule has 0 aliphatic heterocycles. The molecule has 128 valence electrons. The van der Waals surface area contributed by atoms with Crippen LogP contribution >= 0.6 is 21.9 Å². The van der Waals surface area contributed by atoms with Crippen LogP contribution in [-0.4, -0.2) is 34.1 Å². The van der Waals surface area contributed by atoms with Gasteiger partial charge in [-0.15, -0.1) is 10.3 Å². The Morgan fingerprint density at radius 2 is 1.82 bits per heavy atom. The van der Waals surface area contributed by atoms with Gasteiger partial charge >= 0.3 is 0 Å². The van der Waals surface area contributed by atoms with Crippen molar-refractivity contribution in [2.24, 2.45) is 0 Å². The molecule has 0 amide bonds. The summed E-state index contributed by atoms with van der Waals surface area (Å²) >= 11 is 5.58. The fourth-order valence-electron chi connectivity index (χ4n) is 1.36. The average Bonchev–Trinajstić information content (AvgIpc) is 2.38. The predicted octanol–water partition coefficient (Wildman–Crippen LogP) is 5.27. The molecule has 1 heterocycles. The first-order valence-electron chi connectivity index (χ1n) is 7.23. The van der Waals surface area contributed by atoms with Crippen molar-refractivity contribution in [2.45, 2.75) is 52.4 Å². The first-order chi connectivity index (χ1) is 9.95. The molecule has 0 saturated heterocycles. The topological polar surface area (TPSA) is 39.2 Å². The first-order valence-corrected chi connectivity index (χ1v) is 9.98. The van der Waals surface area contributed by atoms with E-state index in [1.807, 2.05) is 26.4 Å². The quantitative estimate of drug-likeness (QED) is 0.548. The maximum Gasteiger partial charge on any atom is 0.225 e. The smallest absolute Gasteiger partial charge is 0.225 e. The Hall–Kier alpha value is -0.650. The van der Waals surface area contributed by atoms with Gasteiger partial charge in [-0.05, 0) is 31.6 Å². The molecule has 0 saturated carbocycles. The highest BCUT2D eigenvalue weighted by Crippen LogP contribution is 2.54. The van der Waals surface area contributed by atoms with Gasteiger partial charge in [0.1, 0.15) is 11.3 Å². The Balaban J connectivity index is 0.00000211. The molecule has 1 rings (SSSR count). The van der Waals surface area contributed by atoms with Crippen LogP contribution in [0.2, 0.25) is 5.15 Å². The van der Waals surface area contributed by atoms with Crippen molar-refractivity contribution in [1.29, 1.82) is 0 Å². The summed E-state index contributed by atoms with van der Waals surface area (Å²) in [6, 6.07) is 2.73. The van der Waals surface area contributed by atoms with Gasteiger partial charge in [0.2, 0.25) is 5.95 Å². The van der Waals surface area contributed by atoms with E-state index in [-0.39, 0.29) is 15.5 Å². The molecule has 3 nitrogen and oxygen atoms in total. The van der Waals surface area contributed by atoms with Gasteiger partial charge in [-0.2, -0.15) is 4.39 Å². The molecule has 0 spiro atoms. The Morgan fingerprint density at radius 3 is 2.23 bits per heavy atom. The van der Waals surface area contributed by atoms with E-state index in [1.165, 1.54) is 12.1 Å². The number of pyridine rings is 1. The number of nitrogens with zero attached hydrogens (tertiary/aromatic N) is 1. The monoisotopic (exact) mass is 351 g/mol. The lowest BCUT2D eigenvalue weighted by Crippen LogP contribution is -2.31. The normalized spacial score (nSPS) is 13.9. The largest absolute Gasteiger partial charge is 0.326 e. The number of Topliss-reactive ketones (excluding diaryl/α,β-unsaturated/α-hetero) is 1. The number of carbonyl (C=O) groups excluding carboxylic acids is 1. The van der Waals surface area contributed by atoms with E-state index in [9.17, 15) is 9.18 Å². The van der Waals surface area contributed by atoms with E-state index in [0.717, 1.165) is 0 Å². The number of halogens is 2. The molecule has 0 aliphatic carbocycles. The summed E-state index contributed by atoms with van der Waals surface area (Å²) < 4.78 is 19.5. The average molecular weight is 352 g/mol. The molecule has 0 aromatic carbocycles. The minimum Gasteiger partial charge on any atom is -0.326 e. The van der Waals surface area contributed by atoms with Gasteiger partial charge in [0.15, 0.2) is 5.78 Å². The standard InChI is InChI=1S/C14H21ClFNO2S.C2H6/c1-9(19-20(5,6)14(2,3)4)12(18)10-7-8-11(15)17-13(10)16;1-2/h7-9H,1-6H3;1-2H3. The number of rotatable bonds is 4. The minimum absolute atomic E-state index is 0.0215. The van der Waals surface area contributed by atoms with Gasteiger partial charge < -0.3 is 4.18 Å². The molecule has 0 fully saturated rings. The van der Waals surface area contributed by atoms with Crippen molar-refractivity contribution >= 4 is 27.7 Å². The highest BCUT2D eigenvalue weighted by Gasteiger charge is 2.33. The zero-order valence-electron chi connectivity index (χ0n) is 14.7. The van der Waals surface area contributed by atoms with E-state index in [2.05, 4.69) is 25.8 Å². The molecule has 0 radical (unpaired) electrons. The lowest BCUT2D eigenvalue weighted by atomic mass is 10.1. The summed E-state index contributed by atoms with van der Waals surface area (Å²) in [4.78, 5) is 15.7. The second kappa shape index (κ2) is 8.27. The molecule has 1 aromatic heterocycles. The van der Waals surface area contributed by atoms with Crippen LogP contribution in [0.3, 0.4) is 0 Å². The second-order valence-corrected chi connectivity index (χ2v) is 10.2. The van der Waals surface area contributed by atoms with Gasteiger partial charge in [-0.1, -0.05) is 46.2 Å². The molecular formula is C16H27ClFNO2S. The van der Waals surface area contributed by atoms with Gasteiger partial charge in [0, 0.05) is 4.75 Å². The van der Waals surface area contributed by atoms with E-state index in [0.29, 0.717) is 0 Å². The number of ketones is 1. The van der Waals surface area contributed by atoms with Gasteiger partial charge in [-0.3, -0.25) is 4.79 Å².